The maximum Gasteiger partial charge on any atom is 1.00 e. The molecule has 0 aliphatic rings. The molecule has 1 rings (SSSR count). The van der Waals surface area contributed by atoms with Crippen LogP contribution in [0, 0.1) is 0 Å². The van der Waals surface area contributed by atoms with Gasteiger partial charge in [0.2, 0.25) is 0 Å². The predicted molar refractivity (Wildman–Crippen MR) is 205 cm³/mol. The number of unbranched alkanes of at least 4 members (excludes halogenated alkanes) is 22. The molecule has 1 aromatic rings. The van der Waals surface area contributed by atoms with Crippen molar-refractivity contribution in [2.75, 3.05) is 13.2 Å². The van der Waals surface area contributed by atoms with Gasteiger partial charge < -0.3 is 14.0 Å². The van der Waals surface area contributed by atoms with Crippen molar-refractivity contribution in [1.82, 2.24) is 0 Å². The molecule has 1 aromatic carbocycles. The molecule has 0 unspecified atom stereocenters. The summed E-state index contributed by atoms with van der Waals surface area (Å²) in [5.41, 5.74) is -0.363. The molecule has 286 valence electrons. The Bertz CT molecular complexity index is 1180. The van der Waals surface area contributed by atoms with E-state index >= 15 is 0 Å². The molecule has 0 atom stereocenters. The van der Waals surface area contributed by atoms with Crippen molar-refractivity contribution in [3.63, 3.8) is 0 Å². The van der Waals surface area contributed by atoms with Gasteiger partial charge in [-0.3, -0.25) is 0 Å². The van der Waals surface area contributed by atoms with Crippen molar-refractivity contribution >= 4 is 22.1 Å². The van der Waals surface area contributed by atoms with E-state index in [2.05, 4.69) is 38.2 Å². The van der Waals surface area contributed by atoms with Gasteiger partial charge in [-0.05, 0) is 82.4 Å². The number of carbonyl (C=O) groups is 2. The molecule has 0 heterocycles. The first kappa shape index (κ1) is 49.6. The van der Waals surface area contributed by atoms with Crippen molar-refractivity contribution < 1.29 is 61.6 Å². The van der Waals surface area contributed by atoms with Crippen LogP contribution in [0.3, 0.4) is 0 Å². The number of carbonyl (C=O) groups excluding carboxylic acids is 2. The van der Waals surface area contributed by atoms with Crippen LogP contribution in [0.15, 0.2) is 47.4 Å². The molecule has 7 nitrogen and oxygen atoms in total. The summed E-state index contributed by atoms with van der Waals surface area (Å²) in [4.78, 5) is 25.1. The van der Waals surface area contributed by atoms with E-state index in [4.69, 9.17) is 9.47 Å². The second kappa shape index (κ2) is 34.3. The van der Waals surface area contributed by atoms with Gasteiger partial charge in [0.15, 0.2) is 0 Å². The van der Waals surface area contributed by atoms with E-state index in [0.717, 1.165) is 82.4 Å². The Morgan fingerprint density at radius 1 is 0.529 bits per heavy atom. The van der Waals surface area contributed by atoms with Gasteiger partial charge in [0.1, 0.15) is 10.1 Å². The quantitative estimate of drug-likeness (QED) is 0.0232. The molecular weight excluding hydrogens is 672 g/mol. The second-order valence-corrected chi connectivity index (χ2v) is 15.0. The summed E-state index contributed by atoms with van der Waals surface area (Å²) >= 11 is 0. The van der Waals surface area contributed by atoms with Gasteiger partial charge in [-0.15, -0.1) is 0 Å². The fourth-order valence-electron chi connectivity index (χ4n) is 5.86. The molecule has 9 heteroatoms. The second-order valence-electron chi connectivity index (χ2n) is 13.6. The first-order chi connectivity index (χ1) is 24.3. The van der Waals surface area contributed by atoms with E-state index in [0.29, 0.717) is 12.8 Å². The molecule has 0 aromatic heterocycles. The minimum Gasteiger partial charge on any atom is -0.744 e. The van der Waals surface area contributed by atoms with Crippen molar-refractivity contribution in [3.05, 3.63) is 53.6 Å². The van der Waals surface area contributed by atoms with Crippen molar-refractivity contribution in [1.29, 1.82) is 0 Å². The SMILES string of the molecule is CCCCCCCCC/C=C/CCCCCCOC(=O)c1ccc(S(=O)(=O)[O-])cc1C(=O)OCCCCCC/C=C/CCCCCCCCC.[Na+]. The van der Waals surface area contributed by atoms with Gasteiger partial charge >= 0.3 is 41.5 Å². The third kappa shape index (κ3) is 27.8. The van der Waals surface area contributed by atoms with E-state index < -0.39 is 27.0 Å². The zero-order valence-electron chi connectivity index (χ0n) is 32.6. The largest absolute Gasteiger partial charge is 1.00 e. The molecule has 0 saturated carbocycles. The van der Waals surface area contributed by atoms with Crippen LogP contribution in [0.25, 0.3) is 0 Å². The van der Waals surface area contributed by atoms with E-state index in [1.807, 2.05) is 0 Å². The number of hydrogen-bond donors (Lipinski definition) is 0. The topological polar surface area (TPSA) is 110 Å². The molecule has 0 aliphatic carbocycles. The maximum atomic E-state index is 12.9. The first-order valence-electron chi connectivity index (χ1n) is 20.0. The Kier molecular flexibility index (Phi) is 33.4. The van der Waals surface area contributed by atoms with Crippen LogP contribution in [-0.2, 0) is 19.6 Å². The summed E-state index contributed by atoms with van der Waals surface area (Å²) in [5, 5.41) is 0. The van der Waals surface area contributed by atoms with Crippen molar-refractivity contribution in [2.45, 2.75) is 186 Å². The summed E-state index contributed by atoms with van der Waals surface area (Å²) in [6.07, 6.45) is 39.4. The fraction of sp³-hybridized carbons (Fsp3) is 0.714. The number of rotatable bonds is 33. The molecule has 0 fully saturated rings. The van der Waals surface area contributed by atoms with Crippen LogP contribution >= 0.6 is 0 Å². The molecule has 51 heavy (non-hydrogen) atoms. The summed E-state index contributed by atoms with van der Waals surface area (Å²) in [6.45, 7) is 4.82. The molecule has 0 spiro atoms. The monoisotopic (exact) mass is 740 g/mol. The summed E-state index contributed by atoms with van der Waals surface area (Å²) in [7, 11) is -4.82. The Morgan fingerprint density at radius 3 is 1.24 bits per heavy atom. The van der Waals surface area contributed by atoms with Crippen LogP contribution in [-0.4, -0.2) is 38.1 Å². The average Bonchev–Trinajstić information content (AvgIpc) is 3.10. The van der Waals surface area contributed by atoms with Gasteiger partial charge in [0, 0.05) is 0 Å². The minimum absolute atomic E-state index is 0. The predicted octanol–water partition coefficient (Wildman–Crippen LogP) is 9.20. The molecule has 0 amide bonds. The molecule has 0 N–H and O–H groups in total. The molecular formula is C42H69NaO7S. The molecule has 0 bridgehead atoms. The van der Waals surface area contributed by atoms with Crippen LogP contribution in [0.4, 0.5) is 0 Å². The molecule has 0 radical (unpaired) electrons. The number of hydrogen-bond acceptors (Lipinski definition) is 7. The van der Waals surface area contributed by atoms with Crippen LogP contribution in [0.5, 0.6) is 0 Å². The fourth-order valence-corrected chi connectivity index (χ4v) is 6.35. The number of allylic oxidation sites excluding steroid dienone is 4. The first-order valence-corrected chi connectivity index (χ1v) is 21.5. The standard InChI is InChI=1S/C42H70O7S.Na/c1-3-5-7-9-11-13-15-17-19-21-23-25-27-29-31-35-48-41(43)39-34-33-38(50(45,46)47)37-40(39)42(44)49-36-32-30-28-26-24-22-20-18-16-14-12-10-8-6-4-2;/h19-22,33-34,37H,3-18,23-32,35-36H2,1-2H3,(H,45,46,47);/q;+1/p-1/b21-19+,22-20+;. The smallest absolute Gasteiger partial charge is 0.744 e. The van der Waals surface area contributed by atoms with Gasteiger partial charge in [-0.2, -0.15) is 0 Å². The summed E-state index contributed by atoms with van der Waals surface area (Å²) < 4.78 is 45.6. The van der Waals surface area contributed by atoms with Gasteiger partial charge in [-0.25, -0.2) is 18.0 Å². The third-order valence-electron chi connectivity index (χ3n) is 9.00. The van der Waals surface area contributed by atoms with E-state index in [-0.39, 0.29) is 53.9 Å². The van der Waals surface area contributed by atoms with Gasteiger partial charge in [0.05, 0.1) is 29.2 Å². The Balaban J connectivity index is 0.0000250. The normalized spacial score (nSPS) is 11.7. The van der Waals surface area contributed by atoms with Crippen LogP contribution < -0.4 is 29.6 Å². The van der Waals surface area contributed by atoms with E-state index in [9.17, 15) is 22.6 Å². The van der Waals surface area contributed by atoms with Crippen molar-refractivity contribution in [2.24, 2.45) is 0 Å². The Morgan fingerprint density at radius 2 is 0.863 bits per heavy atom. The van der Waals surface area contributed by atoms with Crippen LogP contribution in [0.2, 0.25) is 0 Å². The van der Waals surface area contributed by atoms with Crippen molar-refractivity contribution in [3.8, 4) is 0 Å². The van der Waals surface area contributed by atoms with Gasteiger partial charge in [-0.1, -0.05) is 141 Å². The summed E-state index contributed by atoms with van der Waals surface area (Å²) in [5.74, 6) is -1.57. The van der Waals surface area contributed by atoms with Crippen LogP contribution in [0.1, 0.15) is 202 Å². The number of benzene rings is 1. The van der Waals surface area contributed by atoms with Gasteiger partial charge in [0.25, 0.3) is 0 Å². The third-order valence-corrected chi connectivity index (χ3v) is 9.83. The zero-order valence-corrected chi connectivity index (χ0v) is 35.4. The molecule has 0 aliphatic heterocycles. The van der Waals surface area contributed by atoms with E-state index in [1.165, 1.54) is 89.9 Å². The number of esters is 2. The Labute approximate surface area is 334 Å². The Hall–Kier alpha value is -1.45. The maximum absolute atomic E-state index is 12.9. The number of ether oxygens (including phenoxy) is 2. The summed E-state index contributed by atoms with van der Waals surface area (Å²) in [6, 6.07) is 3.10. The zero-order chi connectivity index (χ0) is 36.5. The average molecular weight is 741 g/mol. The molecule has 0 saturated heterocycles. The van der Waals surface area contributed by atoms with E-state index in [1.54, 1.807) is 0 Å². The minimum atomic E-state index is -4.82.